The summed E-state index contributed by atoms with van der Waals surface area (Å²) in [6.45, 7) is 7.66. The van der Waals surface area contributed by atoms with E-state index in [0.717, 1.165) is 16.7 Å². The highest BCUT2D eigenvalue weighted by Gasteiger charge is 2.09. The van der Waals surface area contributed by atoms with Crippen LogP contribution in [-0.4, -0.2) is 11.9 Å². The van der Waals surface area contributed by atoms with E-state index in [-0.39, 0.29) is 18.3 Å². The second kappa shape index (κ2) is 7.77. The van der Waals surface area contributed by atoms with E-state index in [2.05, 4.69) is 25.2 Å². The molecule has 1 N–H and O–H groups in total. The lowest BCUT2D eigenvalue weighted by Gasteiger charge is -2.11. The molecule has 0 bridgehead atoms. The number of rotatable bonds is 5. The molecule has 0 aliphatic rings. The fraction of sp³-hybridized carbons (Fsp3) is 0.300. The maximum atomic E-state index is 12.1. The molecule has 24 heavy (non-hydrogen) atoms. The largest absolute Gasteiger partial charge is 0.426 e. The zero-order chi connectivity index (χ0) is 17.7. The third-order valence-electron chi connectivity index (χ3n) is 3.59. The van der Waals surface area contributed by atoms with Crippen molar-refractivity contribution in [1.29, 1.82) is 0 Å². The van der Waals surface area contributed by atoms with E-state index in [1.54, 1.807) is 12.1 Å². The molecule has 0 unspecified atom stereocenters. The third-order valence-corrected chi connectivity index (χ3v) is 3.59. The summed E-state index contributed by atoms with van der Waals surface area (Å²) in [5.74, 6) is 0.535. The van der Waals surface area contributed by atoms with Crippen LogP contribution < -0.4 is 10.1 Å². The molecular weight excluding hydrogens is 302 g/mol. The van der Waals surface area contributed by atoms with Gasteiger partial charge in [0.05, 0.1) is 6.42 Å². The quantitative estimate of drug-likeness (QED) is 0.661. The molecule has 0 saturated carbocycles. The van der Waals surface area contributed by atoms with Crippen LogP contribution in [0.15, 0.2) is 42.5 Å². The average molecular weight is 325 g/mol. The Morgan fingerprint density at radius 1 is 1.08 bits per heavy atom. The van der Waals surface area contributed by atoms with Crippen LogP contribution in [-0.2, 0) is 16.0 Å². The van der Waals surface area contributed by atoms with Crippen molar-refractivity contribution in [3.63, 3.8) is 0 Å². The standard InChI is InChI=1S/C20H23NO3/c1-13(2)17-9-14(3)10-19(12-17)24-20(23)11-16-5-7-18(8-6-16)21-15(4)22/h5-10,12-13H,11H2,1-4H3,(H,21,22). The molecule has 0 atom stereocenters. The van der Waals surface area contributed by atoms with Gasteiger partial charge >= 0.3 is 5.97 Å². The average Bonchev–Trinajstić information content (AvgIpc) is 2.48. The van der Waals surface area contributed by atoms with E-state index in [9.17, 15) is 9.59 Å². The van der Waals surface area contributed by atoms with Crippen molar-refractivity contribution < 1.29 is 14.3 Å². The Labute approximate surface area is 142 Å². The number of hydrogen-bond acceptors (Lipinski definition) is 3. The first-order valence-corrected chi connectivity index (χ1v) is 8.02. The van der Waals surface area contributed by atoms with Crippen molar-refractivity contribution in [2.45, 2.75) is 40.0 Å². The molecule has 2 aromatic carbocycles. The van der Waals surface area contributed by atoms with Gasteiger partial charge in [0.25, 0.3) is 0 Å². The molecular formula is C20H23NO3. The summed E-state index contributed by atoms with van der Waals surface area (Å²) >= 11 is 0. The van der Waals surface area contributed by atoms with Gasteiger partial charge in [-0.3, -0.25) is 9.59 Å². The summed E-state index contributed by atoms with van der Waals surface area (Å²) in [4.78, 5) is 23.1. The van der Waals surface area contributed by atoms with Crippen LogP contribution in [0.25, 0.3) is 0 Å². The molecule has 126 valence electrons. The second-order valence-corrected chi connectivity index (χ2v) is 6.26. The number of hydrogen-bond donors (Lipinski definition) is 1. The van der Waals surface area contributed by atoms with Gasteiger partial charge in [-0.25, -0.2) is 0 Å². The van der Waals surface area contributed by atoms with Crippen LogP contribution in [0.5, 0.6) is 5.75 Å². The lowest BCUT2D eigenvalue weighted by atomic mass is 10.0. The Hall–Kier alpha value is -2.62. The third kappa shape index (κ3) is 5.23. The molecule has 2 aromatic rings. The first kappa shape index (κ1) is 17.7. The molecule has 0 heterocycles. The minimum absolute atomic E-state index is 0.123. The highest BCUT2D eigenvalue weighted by molar-refractivity contribution is 5.88. The monoisotopic (exact) mass is 325 g/mol. The molecule has 0 fully saturated rings. The van der Waals surface area contributed by atoms with Crippen LogP contribution >= 0.6 is 0 Å². The van der Waals surface area contributed by atoms with Gasteiger partial charge in [0.2, 0.25) is 5.91 Å². The maximum absolute atomic E-state index is 12.1. The van der Waals surface area contributed by atoms with Crippen molar-refractivity contribution in [2.24, 2.45) is 0 Å². The number of nitrogens with one attached hydrogen (secondary N) is 1. The number of aryl methyl sites for hydroxylation is 1. The Kier molecular flexibility index (Phi) is 5.74. The van der Waals surface area contributed by atoms with Crippen LogP contribution in [0.2, 0.25) is 0 Å². The van der Waals surface area contributed by atoms with E-state index < -0.39 is 0 Å². The number of carbonyl (C=O) groups is 2. The Morgan fingerprint density at radius 2 is 1.75 bits per heavy atom. The van der Waals surface area contributed by atoms with Crippen molar-refractivity contribution in [3.05, 3.63) is 59.2 Å². The molecule has 0 spiro atoms. The molecule has 0 saturated heterocycles. The fourth-order valence-electron chi connectivity index (χ4n) is 2.41. The van der Waals surface area contributed by atoms with E-state index in [1.807, 2.05) is 31.2 Å². The number of benzene rings is 2. The minimum atomic E-state index is -0.303. The molecule has 0 aliphatic carbocycles. The van der Waals surface area contributed by atoms with Crippen LogP contribution in [0.3, 0.4) is 0 Å². The maximum Gasteiger partial charge on any atom is 0.315 e. The van der Waals surface area contributed by atoms with Gasteiger partial charge in [-0.05, 0) is 53.8 Å². The van der Waals surface area contributed by atoms with Crippen molar-refractivity contribution in [1.82, 2.24) is 0 Å². The molecule has 4 heteroatoms. The summed E-state index contributed by atoms with van der Waals surface area (Å²) in [7, 11) is 0. The zero-order valence-electron chi connectivity index (χ0n) is 14.6. The number of amides is 1. The molecule has 4 nitrogen and oxygen atoms in total. The number of anilines is 1. The highest BCUT2D eigenvalue weighted by Crippen LogP contribution is 2.23. The van der Waals surface area contributed by atoms with Crippen molar-refractivity contribution in [3.8, 4) is 5.75 Å². The minimum Gasteiger partial charge on any atom is -0.426 e. The van der Waals surface area contributed by atoms with Gasteiger partial charge in [-0.2, -0.15) is 0 Å². The van der Waals surface area contributed by atoms with Gasteiger partial charge in [-0.15, -0.1) is 0 Å². The Bertz CT molecular complexity index is 733. The van der Waals surface area contributed by atoms with E-state index in [0.29, 0.717) is 17.4 Å². The van der Waals surface area contributed by atoms with Gasteiger partial charge in [0, 0.05) is 12.6 Å². The lowest BCUT2D eigenvalue weighted by molar-refractivity contribution is -0.133. The number of ether oxygens (including phenoxy) is 1. The molecule has 2 rings (SSSR count). The van der Waals surface area contributed by atoms with E-state index in [1.165, 1.54) is 6.92 Å². The van der Waals surface area contributed by atoms with Gasteiger partial charge in [0.15, 0.2) is 0 Å². The number of esters is 1. The smallest absolute Gasteiger partial charge is 0.315 e. The summed E-state index contributed by atoms with van der Waals surface area (Å²) in [5, 5.41) is 2.69. The second-order valence-electron chi connectivity index (χ2n) is 6.26. The first-order chi connectivity index (χ1) is 11.3. The van der Waals surface area contributed by atoms with Crippen molar-refractivity contribution in [2.75, 3.05) is 5.32 Å². The lowest BCUT2D eigenvalue weighted by Crippen LogP contribution is -2.12. The Balaban J connectivity index is 2.01. The predicted molar refractivity (Wildman–Crippen MR) is 95.4 cm³/mol. The van der Waals surface area contributed by atoms with Crippen molar-refractivity contribution >= 4 is 17.6 Å². The summed E-state index contributed by atoms with van der Waals surface area (Å²) in [6.07, 6.45) is 0.186. The zero-order valence-corrected chi connectivity index (χ0v) is 14.6. The predicted octanol–water partition coefficient (Wildman–Crippen LogP) is 4.22. The molecule has 0 radical (unpaired) electrons. The van der Waals surface area contributed by atoms with Crippen LogP contribution in [0, 0.1) is 6.92 Å². The van der Waals surface area contributed by atoms with Crippen LogP contribution in [0.4, 0.5) is 5.69 Å². The number of carbonyl (C=O) groups excluding carboxylic acids is 2. The van der Waals surface area contributed by atoms with Gasteiger partial charge in [0.1, 0.15) is 5.75 Å². The highest BCUT2D eigenvalue weighted by atomic mass is 16.5. The molecule has 1 amide bonds. The van der Waals surface area contributed by atoms with Gasteiger partial charge in [-0.1, -0.05) is 32.0 Å². The topological polar surface area (TPSA) is 55.4 Å². The Morgan fingerprint density at radius 3 is 2.33 bits per heavy atom. The van der Waals surface area contributed by atoms with E-state index >= 15 is 0 Å². The molecule has 0 aliphatic heterocycles. The summed E-state index contributed by atoms with van der Waals surface area (Å²) < 4.78 is 5.48. The fourth-order valence-corrected chi connectivity index (χ4v) is 2.41. The first-order valence-electron chi connectivity index (χ1n) is 8.02. The SMILES string of the molecule is CC(=O)Nc1ccc(CC(=O)Oc2cc(C)cc(C(C)C)c2)cc1. The normalized spacial score (nSPS) is 10.5. The summed E-state index contributed by atoms with van der Waals surface area (Å²) in [5.41, 5.74) is 3.77. The van der Waals surface area contributed by atoms with Gasteiger partial charge < -0.3 is 10.1 Å². The van der Waals surface area contributed by atoms with E-state index in [4.69, 9.17) is 4.74 Å². The van der Waals surface area contributed by atoms with Crippen LogP contribution in [0.1, 0.15) is 43.4 Å². The summed E-state index contributed by atoms with van der Waals surface area (Å²) in [6, 6.07) is 13.0. The molecule has 0 aromatic heterocycles.